The van der Waals surface area contributed by atoms with E-state index in [2.05, 4.69) is 5.32 Å². The summed E-state index contributed by atoms with van der Waals surface area (Å²) in [6.07, 6.45) is 2.97. The van der Waals surface area contributed by atoms with Crippen molar-refractivity contribution in [2.75, 3.05) is 12.4 Å². The maximum atomic E-state index is 12.3. The van der Waals surface area contributed by atoms with Gasteiger partial charge in [-0.05, 0) is 54.0 Å². The number of halogens is 1. The molecule has 0 radical (unpaired) electrons. The maximum absolute atomic E-state index is 12.3. The predicted octanol–water partition coefficient (Wildman–Crippen LogP) is 5.80. The lowest BCUT2D eigenvalue weighted by atomic mass is 10.1. The summed E-state index contributed by atoms with van der Waals surface area (Å²) in [6.45, 7) is 2.12. The van der Waals surface area contributed by atoms with Crippen LogP contribution in [0.3, 0.4) is 0 Å². The molecule has 0 aromatic heterocycles. The molecule has 0 unspecified atom stereocenters. The number of amides is 1. The Morgan fingerprint density at radius 2 is 1.84 bits per heavy atom. The van der Waals surface area contributed by atoms with Gasteiger partial charge in [-0.2, -0.15) is 0 Å². The lowest BCUT2D eigenvalue weighted by Crippen LogP contribution is -2.09. The van der Waals surface area contributed by atoms with Crippen molar-refractivity contribution in [1.82, 2.24) is 0 Å². The molecule has 3 aromatic carbocycles. The van der Waals surface area contributed by atoms with E-state index < -0.39 is 10.8 Å². The standard InChI is InChI=1S/C24H21ClN2O5/c1-16-3-10-20(27(29)30)14-21(16)26-24(28)12-7-17-6-11-22(23(13-17)31-2)32-15-18-4-8-19(25)9-5-18/h3-14H,15H2,1-2H3,(H,26,28)/b12-7+. The highest BCUT2D eigenvalue weighted by Gasteiger charge is 2.10. The van der Waals surface area contributed by atoms with Crippen molar-refractivity contribution < 1.29 is 19.2 Å². The topological polar surface area (TPSA) is 90.7 Å². The number of anilines is 1. The van der Waals surface area contributed by atoms with Crippen LogP contribution in [0.2, 0.25) is 5.02 Å². The first-order chi connectivity index (χ1) is 15.4. The van der Waals surface area contributed by atoms with Gasteiger partial charge < -0.3 is 14.8 Å². The molecule has 0 aliphatic carbocycles. The molecule has 0 fully saturated rings. The van der Waals surface area contributed by atoms with E-state index in [1.807, 2.05) is 12.1 Å². The Kier molecular flexibility index (Phi) is 7.46. The van der Waals surface area contributed by atoms with E-state index in [1.54, 1.807) is 49.4 Å². The number of hydrogen-bond acceptors (Lipinski definition) is 5. The van der Waals surface area contributed by atoms with Gasteiger partial charge in [0, 0.05) is 23.2 Å². The number of non-ortho nitro benzene ring substituents is 1. The first-order valence-corrected chi connectivity index (χ1v) is 10.0. The highest BCUT2D eigenvalue weighted by Crippen LogP contribution is 2.29. The van der Waals surface area contributed by atoms with Crippen LogP contribution in [0.25, 0.3) is 6.08 Å². The number of nitrogens with one attached hydrogen (secondary N) is 1. The number of carbonyl (C=O) groups is 1. The summed E-state index contributed by atoms with van der Waals surface area (Å²) in [4.78, 5) is 22.7. The van der Waals surface area contributed by atoms with Crippen LogP contribution < -0.4 is 14.8 Å². The van der Waals surface area contributed by atoms with Crippen molar-refractivity contribution in [2.45, 2.75) is 13.5 Å². The summed E-state index contributed by atoms with van der Waals surface area (Å²) < 4.78 is 11.2. The van der Waals surface area contributed by atoms with Crippen LogP contribution in [0.15, 0.2) is 66.7 Å². The van der Waals surface area contributed by atoms with Crippen LogP contribution in [0.5, 0.6) is 11.5 Å². The zero-order valence-electron chi connectivity index (χ0n) is 17.5. The van der Waals surface area contributed by atoms with Gasteiger partial charge in [0.15, 0.2) is 11.5 Å². The molecule has 1 N–H and O–H groups in total. The van der Waals surface area contributed by atoms with Crippen LogP contribution in [-0.4, -0.2) is 17.9 Å². The molecule has 1 amide bonds. The fourth-order valence-electron chi connectivity index (χ4n) is 2.85. The molecule has 0 aliphatic rings. The number of hydrogen-bond donors (Lipinski definition) is 1. The average molecular weight is 453 g/mol. The Hall–Kier alpha value is -3.84. The Balaban J connectivity index is 1.66. The summed E-state index contributed by atoms with van der Waals surface area (Å²) in [6, 6.07) is 17.0. The second-order valence-electron chi connectivity index (χ2n) is 6.90. The van der Waals surface area contributed by atoms with E-state index in [0.717, 1.165) is 16.7 Å². The second kappa shape index (κ2) is 10.5. The minimum atomic E-state index is -0.506. The van der Waals surface area contributed by atoms with Gasteiger partial charge in [0.1, 0.15) is 6.61 Å². The second-order valence-corrected chi connectivity index (χ2v) is 7.34. The first kappa shape index (κ1) is 22.8. The zero-order chi connectivity index (χ0) is 23.1. The number of benzene rings is 3. The molecule has 0 bridgehead atoms. The average Bonchev–Trinajstić information content (AvgIpc) is 2.78. The fraction of sp³-hybridized carbons (Fsp3) is 0.125. The van der Waals surface area contributed by atoms with E-state index in [4.69, 9.17) is 21.1 Å². The van der Waals surface area contributed by atoms with Crippen molar-refractivity contribution >= 4 is 35.0 Å². The van der Waals surface area contributed by atoms with Crippen LogP contribution >= 0.6 is 11.6 Å². The SMILES string of the molecule is COc1cc(/C=C/C(=O)Nc2cc([N+](=O)[O-])ccc2C)ccc1OCc1ccc(Cl)cc1. The molecule has 164 valence electrons. The van der Waals surface area contributed by atoms with Gasteiger partial charge >= 0.3 is 0 Å². The lowest BCUT2D eigenvalue weighted by Gasteiger charge is -2.11. The smallest absolute Gasteiger partial charge is 0.271 e. The van der Waals surface area contributed by atoms with E-state index in [0.29, 0.717) is 28.8 Å². The first-order valence-electron chi connectivity index (χ1n) is 9.65. The van der Waals surface area contributed by atoms with E-state index >= 15 is 0 Å². The van der Waals surface area contributed by atoms with Gasteiger partial charge in [-0.15, -0.1) is 0 Å². The number of rotatable bonds is 8. The summed E-state index contributed by atoms with van der Waals surface area (Å²) in [5.74, 6) is 0.683. The summed E-state index contributed by atoms with van der Waals surface area (Å²) in [5, 5.41) is 14.3. The maximum Gasteiger partial charge on any atom is 0.271 e. The number of methoxy groups -OCH3 is 1. The number of ether oxygens (including phenoxy) is 2. The Morgan fingerprint density at radius 1 is 1.09 bits per heavy atom. The zero-order valence-corrected chi connectivity index (χ0v) is 18.3. The van der Waals surface area contributed by atoms with Gasteiger partial charge in [-0.1, -0.05) is 35.9 Å². The number of nitrogens with zero attached hydrogens (tertiary/aromatic N) is 1. The van der Waals surface area contributed by atoms with Gasteiger partial charge in [-0.3, -0.25) is 14.9 Å². The van der Waals surface area contributed by atoms with Crippen LogP contribution in [0.1, 0.15) is 16.7 Å². The minimum Gasteiger partial charge on any atom is -0.493 e. The third-order valence-electron chi connectivity index (χ3n) is 4.61. The highest BCUT2D eigenvalue weighted by molar-refractivity contribution is 6.30. The Labute approximate surface area is 190 Å². The third-order valence-corrected chi connectivity index (χ3v) is 4.86. The van der Waals surface area contributed by atoms with E-state index in [9.17, 15) is 14.9 Å². The van der Waals surface area contributed by atoms with E-state index in [-0.39, 0.29) is 5.69 Å². The molecular weight excluding hydrogens is 432 g/mol. The van der Waals surface area contributed by atoms with Crippen LogP contribution in [0, 0.1) is 17.0 Å². The largest absolute Gasteiger partial charge is 0.493 e. The Morgan fingerprint density at radius 3 is 2.53 bits per heavy atom. The fourth-order valence-corrected chi connectivity index (χ4v) is 2.98. The van der Waals surface area contributed by atoms with Crippen LogP contribution in [-0.2, 0) is 11.4 Å². The molecule has 8 heteroatoms. The van der Waals surface area contributed by atoms with Gasteiger partial charge in [0.25, 0.3) is 5.69 Å². The highest BCUT2D eigenvalue weighted by atomic mass is 35.5. The molecule has 0 saturated heterocycles. The van der Waals surface area contributed by atoms with Crippen molar-refractivity contribution in [3.05, 3.63) is 98.6 Å². The predicted molar refractivity (Wildman–Crippen MR) is 124 cm³/mol. The molecule has 0 atom stereocenters. The van der Waals surface area contributed by atoms with Crippen molar-refractivity contribution in [3.63, 3.8) is 0 Å². The summed E-state index contributed by atoms with van der Waals surface area (Å²) in [5.41, 5.74) is 2.72. The summed E-state index contributed by atoms with van der Waals surface area (Å²) in [7, 11) is 1.54. The minimum absolute atomic E-state index is 0.0891. The quantitative estimate of drug-likeness (QED) is 0.265. The molecule has 3 rings (SSSR count). The normalized spacial score (nSPS) is 10.7. The van der Waals surface area contributed by atoms with Gasteiger partial charge in [0.2, 0.25) is 5.91 Å². The number of nitro benzene ring substituents is 1. The van der Waals surface area contributed by atoms with Crippen molar-refractivity contribution in [1.29, 1.82) is 0 Å². The molecule has 32 heavy (non-hydrogen) atoms. The molecule has 7 nitrogen and oxygen atoms in total. The molecule has 0 spiro atoms. The molecule has 0 heterocycles. The molecule has 3 aromatic rings. The molecular formula is C24H21ClN2O5. The van der Waals surface area contributed by atoms with Crippen molar-refractivity contribution in [2.24, 2.45) is 0 Å². The third kappa shape index (κ3) is 6.09. The molecule has 0 aliphatic heterocycles. The molecule has 0 saturated carbocycles. The van der Waals surface area contributed by atoms with E-state index in [1.165, 1.54) is 25.3 Å². The van der Waals surface area contributed by atoms with Gasteiger partial charge in [-0.25, -0.2) is 0 Å². The Bertz CT molecular complexity index is 1160. The summed E-state index contributed by atoms with van der Waals surface area (Å²) >= 11 is 5.90. The lowest BCUT2D eigenvalue weighted by molar-refractivity contribution is -0.384. The monoisotopic (exact) mass is 452 g/mol. The number of carbonyl (C=O) groups excluding carboxylic acids is 1. The number of nitro groups is 1. The van der Waals surface area contributed by atoms with Crippen LogP contribution in [0.4, 0.5) is 11.4 Å². The number of aryl methyl sites for hydroxylation is 1. The van der Waals surface area contributed by atoms with Crippen molar-refractivity contribution in [3.8, 4) is 11.5 Å². The van der Waals surface area contributed by atoms with Gasteiger partial charge in [0.05, 0.1) is 17.7 Å².